The van der Waals surface area contributed by atoms with Gasteiger partial charge in [0.15, 0.2) is 0 Å². The SMILES string of the molecule is Cc1ncc(NC(=O)c2cc(C#N)cc(C(C)(C)C)c2)cc1-n1cc(C(C)(C)C(=O)NCC(C)(C)C)nn1. The number of carbonyl (C=O) groups is 2. The summed E-state index contributed by atoms with van der Waals surface area (Å²) in [6.45, 7) is 18.3. The van der Waals surface area contributed by atoms with Crippen molar-refractivity contribution in [3.63, 3.8) is 0 Å². The molecule has 0 bridgehead atoms. The number of benzene rings is 1. The second-order valence-electron chi connectivity index (χ2n) is 12.4. The number of nitrogens with zero attached hydrogens (tertiary/aromatic N) is 5. The molecule has 0 aliphatic carbocycles. The van der Waals surface area contributed by atoms with Crippen molar-refractivity contribution in [2.24, 2.45) is 5.41 Å². The van der Waals surface area contributed by atoms with Crippen LogP contribution in [-0.4, -0.2) is 38.3 Å². The molecule has 3 rings (SSSR count). The summed E-state index contributed by atoms with van der Waals surface area (Å²) in [5, 5.41) is 23.8. The highest BCUT2D eigenvalue weighted by atomic mass is 16.2. The van der Waals surface area contributed by atoms with Crippen molar-refractivity contribution in [1.29, 1.82) is 5.26 Å². The Bertz CT molecular complexity index is 1400. The monoisotopic (exact) mass is 515 g/mol. The zero-order valence-electron chi connectivity index (χ0n) is 23.7. The summed E-state index contributed by atoms with van der Waals surface area (Å²) in [7, 11) is 0. The van der Waals surface area contributed by atoms with Gasteiger partial charge >= 0.3 is 0 Å². The third-order valence-corrected chi connectivity index (χ3v) is 6.24. The molecule has 0 fully saturated rings. The highest BCUT2D eigenvalue weighted by molar-refractivity contribution is 6.04. The molecule has 0 radical (unpaired) electrons. The standard InChI is InChI=1S/C29H37N7O2/c1-18-23(36-16-24(34-35-36)29(8,9)26(38)32-17-27(2,3)4)13-22(15-31-18)33-25(37)20-10-19(14-30)11-21(12-20)28(5,6)7/h10-13,15-16H,17H2,1-9H3,(H,32,38)(H,33,37). The van der Waals surface area contributed by atoms with E-state index in [0.717, 1.165) is 5.56 Å². The molecule has 2 aromatic heterocycles. The largest absolute Gasteiger partial charge is 0.355 e. The van der Waals surface area contributed by atoms with E-state index in [4.69, 9.17) is 0 Å². The smallest absolute Gasteiger partial charge is 0.255 e. The first kappa shape index (κ1) is 28.5. The summed E-state index contributed by atoms with van der Waals surface area (Å²) in [6.07, 6.45) is 3.27. The highest BCUT2D eigenvalue weighted by Gasteiger charge is 2.33. The molecule has 3 aromatic rings. The van der Waals surface area contributed by atoms with Crippen LogP contribution in [0.25, 0.3) is 5.69 Å². The van der Waals surface area contributed by atoms with Crippen molar-refractivity contribution >= 4 is 17.5 Å². The zero-order chi connectivity index (χ0) is 28.5. The normalized spacial score (nSPS) is 12.1. The third kappa shape index (κ3) is 6.62. The molecule has 9 nitrogen and oxygen atoms in total. The van der Waals surface area contributed by atoms with Gasteiger partial charge in [0.05, 0.1) is 52.2 Å². The van der Waals surface area contributed by atoms with Crippen LogP contribution < -0.4 is 10.6 Å². The molecule has 0 aliphatic rings. The Morgan fingerprint density at radius 3 is 2.32 bits per heavy atom. The average molecular weight is 516 g/mol. The van der Waals surface area contributed by atoms with E-state index < -0.39 is 5.41 Å². The Morgan fingerprint density at radius 1 is 1.03 bits per heavy atom. The Hall–Kier alpha value is -4.06. The van der Waals surface area contributed by atoms with Crippen molar-refractivity contribution in [2.45, 2.75) is 73.1 Å². The quantitative estimate of drug-likeness (QED) is 0.484. The van der Waals surface area contributed by atoms with Gasteiger partial charge in [-0.05, 0) is 61.4 Å². The van der Waals surface area contributed by atoms with Crippen molar-refractivity contribution in [1.82, 2.24) is 25.3 Å². The lowest BCUT2D eigenvalue weighted by molar-refractivity contribution is -0.126. The molecule has 1 aromatic carbocycles. The first-order chi connectivity index (χ1) is 17.5. The fourth-order valence-corrected chi connectivity index (χ4v) is 3.63. The summed E-state index contributed by atoms with van der Waals surface area (Å²) < 4.78 is 1.56. The van der Waals surface area contributed by atoms with Crippen LogP contribution in [0.1, 0.15) is 88.3 Å². The number of hydrogen-bond donors (Lipinski definition) is 2. The molecular weight excluding hydrogens is 478 g/mol. The maximum Gasteiger partial charge on any atom is 0.255 e. The van der Waals surface area contributed by atoms with Gasteiger partial charge in [-0.1, -0.05) is 46.8 Å². The molecule has 38 heavy (non-hydrogen) atoms. The van der Waals surface area contributed by atoms with E-state index >= 15 is 0 Å². The number of pyridine rings is 1. The number of anilines is 1. The number of rotatable bonds is 6. The van der Waals surface area contributed by atoms with E-state index in [-0.39, 0.29) is 22.6 Å². The Morgan fingerprint density at radius 2 is 1.71 bits per heavy atom. The average Bonchev–Trinajstić information content (AvgIpc) is 3.33. The van der Waals surface area contributed by atoms with Crippen LogP contribution in [0.3, 0.4) is 0 Å². The maximum atomic E-state index is 13.1. The van der Waals surface area contributed by atoms with Gasteiger partial charge in [0.25, 0.3) is 5.91 Å². The second-order valence-corrected chi connectivity index (χ2v) is 12.4. The molecule has 0 spiro atoms. The summed E-state index contributed by atoms with van der Waals surface area (Å²) >= 11 is 0. The molecule has 0 unspecified atom stereocenters. The van der Waals surface area contributed by atoms with Crippen LogP contribution in [0.15, 0.2) is 36.7 Å². The Labute approximate surface area is 224 Å². The Balaban J connectivity index is 1.86. The minimum Gasteiger partial charge on any atom is -0.355 e. The van der Waals surface area contributed by atoms with E-state index in [9.17, 15) is 14.9 Å². The van der Waals surface area contributed by atoms with Crippen molar-refractivity contribution in [2.75, 3.05) is 11.9 Å². The predicted molar refractivity (Wildman–Crippen MR) is 147 cm³/mol. The first-order valence-electron chi connectivity index (χ1n) is 12.6. The van der Waals surface area contributed by atoms with E-state index in [1.807, 2.05) is 41.5 Å². The fourth-order valence-electron chi connectivity index (χ4n) is 3.63. The molecule has 0 saturated carbocycles. The third-order valence-electron chi connectivity index (χ3n) is 6.24. The van der Waals surface area contributed by atoms with Crippen LogP contribution >= 0.6 is 0 Å². The van der Waals surface area contributed by atoms with Crippen molar-refractivity contribution in [3.8, 4) is 11.8 Å². The number of nitriles is 1. The van der Waals surface area contributed by atoms with Gasteiger partial charge in [-0.3, -0.25) is 14.6 Å². The number of amides is 2. The molecule has 2 amide bonds. The summed E-state index contributed by atoms with van der Waals surface area (Å²) in [5.41, 5.74) is 2.84. The van der Waals surface area contributed by atoms with Crippen LogP contribution in [0.2, 0.25) is 0 Å². The topological polar surface area (TPSA) is 126 Å². The van der Waals surface area contributed by atoms with Crippen LogP contribution in [0.4, 0.5) is 5.69 Å². The van der Waals surface area contributed by atoms with Gasteiger partial charge in [0.2, 0.25) is 5.91 Å². The van der Waals surface area contributed by atoms with Crippen LogP contribution in [0, 0.1) is 23.7 Å². The summed E-state index contributed by atoms with van der Waals surface area (Å²) in [6, 6.07) is 9.06. The molecule has 200 valence electrons. The molecule has 9 heteroatoms. The van der Waals surface area contributed by atoms with E-state index in [2.05, 4.69) is 52.8 Å². The molecule has 2 heterocycles. The second kappa shape index (κ2) is 10.4. The van der Waals surface area contributed by atoms with Gasteiger partial charge in [0.1, 0.15) is 0 Å². The van der Waals surface area contributed by atoms with Gasteiger partial charge in [0, 0.05) is 12.1 Å². The van der Waals surface area contributed by atoms with E-state index in [1.165, 1.54) is 0 Å². The lowest BCUT2D eigenvalue weighted by Crippen LogP contribution is -2.43. The Kier molecular flexibility index (Phi) is 7.78. The fraction of sp³-hybridized carbons (Fsp3) is 0.448. The first-order valence-corrected chi connectivity index (χ1v) is 12.6. The van der Waals surface area contributed by atoms with E-state index in [1.54, 1.807) is 41.3 Å². The molecule has 0 saturated heterocycles. The predicted octanol–water partition coefficient (Wildman–Crippen LogP) is 4.83. The number of hydrogen-bond acceptors (Lipinski definition) is 6. The number of aryl methyl sites for hydroxylation is 1. The van der Waals surface area contributed by atoms with Gasteiger partial charge in [-0.25, -0.2) is 4.68 Å². The van der Waals surface area contributed by atoms with Crippen molar-refractivity contribution in [3.05, 3.63) is 64.7 Å². The number of carbonyl (C=O) groups excluding carboxylic acids is 2. The molecule has 0 aliphatic heterocycles. The van der Waals surface area contributed by atoms with E-state index in [0.29, 0.717) is 40.4 Å². The van der Waals surface area contributed by atoms with Crippen LogP contribution in [-0.2, 0) is 15.6 Å². The van der Waals surface area contributed by atoms with Gasteiger partial charge in [-0.2, -0.15) is 5.26 Å². The molecule has 2 N–H and O–H groups in total. The van der Waals surface area contributed by atoms with Crippen molar-refractivity contribution < 1.29 is 9.59 Å². The minimum absolute atomic E-state index is 0.0404. The summed E-state index contributed by atoms with van der Waals surface area (Å²) in [4.78, 5) is 30.4. The lowest BCUT2D eigenvalue weighted by atomic mass is 9.85. The number of nitrogens with one attached hydrogen (secondary N) is 2. The zero-order valence-corrected chi connectivity index (χ0v) is 23.7. The molecule has 0 atom stereocenters. The maximum absolute atomic E-state index is 13.1. The van der Waals surface area contributed by atoms with Gasteiger partial charge < -0.3 is 10.6 Å². The molecular formula is C29H37N7O2. The summed E-state index contributed by atoms with van der Waals surface area (Å²) in [5.74, 6) is -0.482. The van der Waals surface area contributed by atoms with Crippen LogP contribution in [0.5, 0.6) is 0 Å². The van der Waals surface area contributed by atoms with Gasteiger partial charge in [-0.15, -0.1) is 5.10 Å². The number of aromatic nitrogens is 4. The lowest BCUT2D eigenvalue weighted by Gasteiger charge is -2.25. The highest BCUT2D eigenvalue weighted by Crippen LogP contribution is 2.26. The minimum atomic E-state index is -0.896.